The summed E-state index contributed by atoms with van der Waals surface area (Å²) in [6.07, 6.45) is 0.648. The molecule has 0 fully saturated rings. The van der Waals surface area contributed by atoms with Gasteiger partial charge in [-0.3, -0.25) is 9.48 Å². The number of aromatic nitrogens is 2. The minimum Gasteiger partial charge on any atom is -0.478 e. The molecule has 0 atom stereocenters. The van der Waals surface area contributed by atoms with Crippen molar-refractivity contribution < 1.29 is 14.7 Å². The average Bonchev–Trinajstić information content (AvgIpc) is 3.16. The number of nitrogens with zero attached hydrogens (tertiary/aromatic N) is 2. The van der Waals surface area contributed by atoms with Crippen LogP contribution in [0.4, 0.5) is 0 Å². The van der Waals surface area contributed by atoms with Crippen LogP contribution in [-0.4, -0.2) is 33.3 Å². The van der Waals surface area contributed by atoms with E-state index < -0.39 is 5.97 Å². The van der Waals surface area contributed by atoms with Gasteiger partial charge < -0.3 is 10.4 Å². The van der Waals surface area contributed by atoms with Crippen LogP contribution in [0.5, 0.6) is 0 Å². The van der Waals surface area contributed by atoms with Crippen molar-refractivity contribution in [2.24, 2.45) is 7.05 Å². The number of hydrogen-bond acceptors (Lipinski definition) is 4. The third-order valence-electron chi connectivity index (χ3n) is 4.21. The molecule has 3 rings (SSSR count). The number of hydrogen-bond donors (Lipinski definition) is 2. The van der Waals surface area contributed by atoms with E-state index in [0.717, 1.165) is 21.5 Å². The van der Waals surface area contributed by atoms with Gasteiger partial charge in [-0.2, -0.15) is 5.10 Å². The molecular weight excluding hydrogens is 350 g/mol. The van der Waals surface area contributed by atoms with Crippen molar-refractivity contribution in [3.63, 3.8) is 0 Å². The van der Waals surface area contributed by atoms with Crippen molar-refractivity contribution in [3.05, 3.63) is 52.0 Å². The number of carbonyl (C=O) groups excluding carboxylic acids is 1. The van der Waals surface area contributed by atoms with Crippen LogP contribution in [0.15, 0.2) is 30.3 Å². The molecule has 0 saturated carbocycles. The maximum atomic E-state index is 12.4. The lowest BCUT2D eigenvalue weighted by Gasteiger charge is -2.04. The van der Waals surface area contributed by atoms with Crippen LogP contribution in [0.1, 0.15) is 51.1 Å². The second kappa shape index (κ2) is 7.29. The third-order valence-corrected chi connectivity index (χ3v) is 5.41. The fourth-order valence-corrected chi connectivity index (χ4v) is 3.82. The Balaban J connectivity index is 1.64. The maximum absolute atomic E-state index is 12.4. The normalized spacial score (nSPS) is 11.2. The molecule has 2 aromatic heterocycles. The number of benzene rings is 1. The molecule has 0 unspecified atom stereocenters. The lowest BCUT2D eigenvalue weighted by molar-refractivity contribution is 0.0696. The molecule has 0 aliphatic carbocycles. The predicted molar refractivity (Wildman–Crippen MR) is 102 cm³/mol. The Hall–Kier alpha value is -2.67. The molecule has 1 aromatic carbocycles. The minimum absolute atomic E-state index is 0.0944. The fraction of sp³-hybridized carbons (Fsp3) is 0.316. The van der Waals surface area contributed by atoms with Crippen molar-refractivity contribution in [2.75, 3.05) is 6.54 Å². The summed E-state index contributed by atoms with van der Waals surface area (Å²) in [5, 5.41) is 17.4. The largest absolute Gasteiger partial charge is 0.478 e. The Morgan fingerprint density at radius 1 is 1.27 bits per heavy atom. The van der Waals surface area contributed by atoms with E-state index in [4.69, 9.17) is 5.11 Å². The summed E-state index contributed by atoms with van der Waals surface area (Å²) in [7, 11) is 1.90. The van der Waals surface area contributed by atoms with E-state index in [0.29, 0.717) is 23.8 Å². The van der Waals surface area contributed by atoms with Crippen LogP contribution in [0.25, 0.3) is 10.2 Å². The lowest BCUT2D eigenvalue weighted by atomic mass is 10.1. The first kappa shape index (κ1) is 18.1. The third kappa shape index (κ3) is 3.62. The van der Waals surface area contributed by atoms with E-state index in [1.165, 1.54) is 11.3 Å². The standard InChI is InChI=1S/C19H21N3O3S/c1-11(2)16-14-10-15(26-18(14)22(3)21-16)17(23)20-9-8-12-4-6-13(7-5-12)19(24)25/h4-7,10-11H,8-9H2,1-3H3,(H,20,23)(H,24,25). The number of nitrogens with one attached hydrogen (secondary N) is 1. The minimum atomic E-state index is -0.940. The number of carbonyl (C=O) groups is 2. The topological polar surface area (TPSA) is 84.2 Å². The summed E-state index contributed by atoms with van der Waals surface area (Å²) in [6, 6.07) is 8.61. The highest BCUT2D eigenvalue weighted by atomic mass is 32.1. The number of aryl methyl sites for hydroxylation is 1. The summed E-state index contributed by atoms with van der Waals surface area (Å²) in [4.78, 5) is 25.0. The summed E-state index contributed by atoms with van der Waals surface area (Å²) in [6.45, 7) is 4.68. The molecule has 0 aliphatic heterocycles. The highest BCUT2D eigenvalue weighted by molar-refractivity contribution is 7.20. The van der Waals surface area contributed by atoms with Crippen LogP contribution in [0.3, 0.4) is 0 Å². The van der Waals surface area contributed by atoms with Gasteiger partial charge in [0.2, 0.25) is 0 Å². The average molecular weight is 371 g/mol. The van der Waals surface area contributed by atoms with Gasteiger partial charge in [0, 0.05) is 19.0 Å². The number of carboxylic acid groups (broad SMARTS) is 1. The smallest absolute Gasteiger partial charge is 0.335 e. The summed E-state index contributed by atoms with van der Waals surface area (Å²) >= 11 is 1.44. The molecule has 2 N–H and O–H groups in total. The molecule has 1 amide bonds. The fourth-order valence-electron chi connectivity index (χ4n) is 2.83. The van der Waals surface area contributed by atoms with E-state index in [1.807, 2.05) is 17.8 Å². The number of fused-ring (bicyclic) bond motifs is 1. The van der Waals surface area contributed by atoms with E-state index in [2.05, 4.69) is 24.3 Å². The Labute approximate surface area is 155 Å². The SMILES string of the molecule is CC(C)c1nn(C)c2sc(C(=O)NCCc3ccc(C(=O)O)cc3)cc12. The second-order valence-electron chi connectivity index (χ2n) is 6.50. The van der Waals surface area contributed by atoms with E-state index in [9.17, 15) is 9.59 Å². The Morgan fingerprint density at radius 2 is 1.96 bits per heavy atom. The van der Waals surface area contributed by atoms with Gasteiger partial charge in [-0.25, -0.2) is 4.79 Å². The number of aromatic carboxylic acids is 1. The van der Waals surface area contributed by atoms with Gasteiger partial charge in [0.1, 0.15) is 4.83 Å². The second-order valence-corrected chi connectivity index (χ2v) is 7.53. The van der Waals surface area contributed by atoms with Crippen LogP contribution in [-0.2, 0) is 13.5 Å². The van der Waals surface area contributed by atoms with Crippen molar-refractivity contribution in [3.8, 4) is 0 Å². The van der Waals surface area contributed by atoms with Gasteiger partial charge in [0.05, 0.1) is 16.1 Å². The summed E-state index contributed by atoms with van der Waals surface area (Å²) in [5.41, 5.74) is 2.26. The Morgan fingerprint density at radius 3 is 2.58 bits per heavy atom. The van der Waals surface area contributed by atoms with E-state index >= 15 is 0 Å². The maximum Gasteiger partial charge on any atom is 0.335 e. The quantitative estimate of drug-likeness (QED) is 0.695. The predicted octanol–water partition coefficient (Wildman–Crippen LogP) is 3.43. The molecule has 136 valence electrons. The van der Waals surface area contributed by atoms with Crippen molar-refractivity contribution in [1.29, 1.82) is 0 Å². The zero-order valence-corrected chi connectivity index (χ0v) is 15.8. The number of amides is 1. The monoisotopic (exact) mass is 371 g/mol. The molecule has 0 bridgehead atoms. The van der Waals surface area contributed by atoms with Crippen LogP contribution < -0.4 is 5.32 Å². The first-order valence-corrected chi connectivity index (χ1v) is 9.25. The van der Waals surface area contributed by atoms with Gasteiger partial charge in [-0.15, -0.1) is 11.3 Å². The lowest BCUT2D eigenvalue weighted by Crippen LogP contribution is -2.24. The molecule has 2 heterocycles. The van der Waals surface area contributed by atoms with Crippen LogP contribution in [0.2, 0.25) is 0 Å². The highest BCUT2D eigenvalue weighted by Gasteiger charge is 2.18. The Bertz CT molecular complexity index is 954. The number of rotatable bonds is 6. The van der Waals surface area contributed by atoms with Gasteiger partial charge >= 0.3 is 5.97 Å². The summed E-state index contributed by atoms with van der Waals surface area (Å²) < 4.78 is 1.83. The molecule has 0 radical (unpaired) electrons. The van der Waals surface area contributed by atoms with Crippen molar-refractivity contribution in [1.82, 2.24) is 15.1 Å². The molecular formula is C19H21N3O3S. The van der Waals surface area contributed by atoms with Gasteiger partial charge in [-0.1, -0.05) is 26.0 Å². The van der Waals surface area contributed by atoms with E-state index in [-0.39, 0.29) is 11.5 Å². The first-order chi connectivity index (χ1) is 12.4. The van der Waals surface area contributed by atoms with Gasteiger partial charge in [0.25, 0.3) is 5.91 Å². The molecule has 7 heteroatoms. The van der Waals surface area contributed by atoms with Crippen LogP contribution in [0, 0.1) is 0 Å². The van der Waals surface area contributed by atoms with Crippen molar-refractivity contribution in [2.45, 2.75) is 26.2 Å². The number of carboxylic acids is 1. The molecule has 6 nitrogen and oxygen atoms in total. The van der Waals surface area contributed by atoms with Crippen LogP contribution >= 0.6 is 11.3 Å². The van der Waals surface area contributed by atoms with E-state index in [1.54, 1.807) is 24.3 Å². The first-order valence-electron chi connectivity index (χ1n) is 8.43. The molecule has 0 aliphatic rings. The molecule has 26 heavy (non-hydrogen) atoms. The Kier molecular flexibility index (Phi) is 5.08. The molecule has 0 spiro atoms. The summed E-state index contributed by atoms with van der Waals surface area (Å²) in [5.74, 6) is -0.731. The van der Waals surface area contributed by atoms with Crippen molar-refractivity contribution >= 4 is 33.4 Å². The molecule has 3 aromatic rings. The van der Waals surface area contributed by atoms with Gasteiger partial charge in [0.15, 0.2) is 0 Å². The number of thiophene rings is 1. The van der Waals surface area contributed by atoms with Gasteiger partial charge in [-0.05, 0) is 36.1 Å². The highest BCUT2D eigenvalue weighted by Crippen LogP contribution is 2.31. The zero-order valence-electron chi connectivity index (χ0n) is 14.9. The molecule has 0 saturated heterocycles. The zero-order chi connectivity index (χ0) is 18.8.